The topological polar surface area (TPSA) is 37.6 Å². The van der Waals surface area contributed by atoms with Crippen molar-refractivity contribution in [2.45, 2.75) is 53.4 Å². The van der Waals surface area contributed by atoms with E-state index >= 15 is 0 Å². The Balaban J connectivity index is 2.60. The van der Waals surface area contributed by atoms with E-state index in [0.29, 0.717) is 0 Å². The SMILES string of the molecule is CCCc1nc2c(Br)cc(C)cn2c1C(=O)N(CCC)CCC. The molecule has 0 aliphatic heterocycles. The van der Waals surface area contributed by atoms with Crippen LogP contribution in [0, 0.1) is 6.92 Å². The molecule has 0 N–H and O–H groups in total. The van der Waals surface area contributed by atoms with Crippen molar-refractivity contribution in [1.82, 2.24) is 14.3 Å². The second-order valence-electron chi connectivity index (χ2n) is 6.01. The fourth-order valence-electron chi connectivity index (χ4n) is 2.92. The lowest BCUT2D eigenvalue weighted by molar-refractivity contribution is 0.0747. The molecule has 0 bridgehead atoms. The predicted octanol–water partition coefficient (Wildman–Crippen LogP) is 4.62. The van der Waals surface area contributed by atoms with E-state index in [4.69, 9.17) is 4.98 Å². The Kier molecular flexibility index (Phi) is 6.22. The van der Waals surface area contributed by atoms with Crippen LogP contribution in [0.4, 0.5) is 0 Å². The molecule has 2 aromatic rings. The smallest absolute Gasteiger partial charge is 0.272 e. The number of fused-ring (bicyclic) bond motifs is 1. The molecule has 0 saturated heterocycles. The van der Waals surface area contributed by atoms with Gasteiger partial charge in [-0.3, -0.25) is 9.20 Å². The second kappa shape index (κ2) is 7.95. The predicted molar refractivity (Wildman–Crippen MR) is 98.1 cm³/mol. The third-order valence-corrected chi connectivity index (χ3v) is 4.43. The first-order valence-corrected chi connectivity index (χ1v) is 9.29. The summed E-state index contributed by atoms with van der Waals surface area (Å²) >= 11 is 3.59. The summed E-state index contributed by atoms with van der Waals surface area (Å²) in [4.78, 5) is 19.9. The van der Waals surface area contributed by atoms with Crippen LogP contribution in [0.1, 0.15) is 61.8 Å². The van der Waals surface area contributed by atoms with Gasteiger partial charge in [0.15, 0.2) is 5.65 Å². The van der Waals surface area contributed by atoms with Gasteiger partial charge in [0.1, 0.15) is 5.69 Å². The Morgan fingerprint density at radius 2 is 1.87 bits per heavy atom. The zero-order chi connectivity index (χ0) is 17.0. The van der Waals surface area contributed by atoms with Crippen LogP contribution in [0.3, 0.4) is 0 Å². The average molecular weight is 380 g/mol. The molecule has 0 saturated carbocycles. The molecule has 0 unspecified atom stereocenters. The molecule has 0 fully saturated rings. The maximum absolute atomic E-state index is 13.2. The number of carbonyl (C=O) groups is 1. The van der Waals surface area contributed by atoms with E-state index in [0.717, 1.165) is 65.8 Å². The van der Waals surface area contributed by atoms with Crippen LogP contribution in [0.25, 0.3) is 5.65 Å². The van der Waals surface area contributed by atoms with Crippen molar-refractivity contribution in [2.75, 3.05) is 13.1 Å². The Bertz CT molecular complexity index is 687. The Hall–Kier alpha value is -1.36. The summed E-state index contributed by atoms with van der Waals surface area (Å²) in [6.45, 7) is 9.95. The molecule has 4 nitrogen and oxygen atoms in total. The summed E-state index contributed by atoms with van der Waals surface area (Å²) < 4.78 is 2.90. The molecule has 1 amide bonds. The van der Waals surface area contributed by atoms with Gasteiger partial charge in [-0.2, -0.15) is 0 Å². The van der Waals surface area contributed by atoms with Crippen LogP contribution < -0.4 is 0 Å². The molecule has 0 radical (unpaired) electrons. The maximum Gasteiger partial charge on any atom is 0.272 e. The van der Waals surface area contributed by atoms with Crippen molar-refractivity contribution in [2.24, 2.45) is 0 Å². The molecule has 0 atom stereocenters. The highest BCUT2D eigenvalue weighted by molar-refractivity contribution is 9.10. The lowest BCUT2D eigenvalue weighted by Gasteiger charge is -2.22. The van der Waals surface area contributed by atoms with Gasteiger partial charge < -0.3 is 4.90 Å². The number of nitrogens with zero attached hydrogens (tertiary/aromatic N) is 3. The highest BCUT2D eigenvalue weighted by Crippen LogP contribution is 2.24. The van der Waals surface area contributed by atoms with Crippen molar-refractivity contribution in [1.29, 1.82) is 0 Å². The first-order valence-electron chi connectivity index (χ1n) is 8.49. The van der Waals surface area contributed by atoms with E-state index in [-0.39, 0.29) is 5.91 Å². The van der Waals surface area contributed by atoms with Crippen LogP contribution in [0.15, 0.2) is 16.7 Å². The molecule has 0 aliphatic rings. The molecule has 2 rings (SSSR count). The van der Waals surface area contributed by atoms with E-state index in [1.54, 1.807) is 0 Å². The first-order chi connectivity index (χ1) is 11.0. The minimum atomic E-state index is 0.0992. The summed E-state index contributed by atoms with van der Waals surface area (Å²) in [6, 6.07) is 2.04. The standard InChI is InChI=1S/C18H26BrN3O/c1-5-8-15-16(18(23)21(9-6-2)10-7-3)22-12-13(4)11-14(19)17(22)20-15/h11-12H,5-10H2,1-4H3. The zero-order valence-electron chi connectivity index (χ0n) is 14.5. The van der Waals surface area contributed by atoms with Crippen molar-refractivity contribution in [3.05, 3.63) is 33.7 Å². The molecule has 23 heavy (non-hydrogen) atoms. The van der Waals surface area contributed by atoms with E-state index in [9.17, 15) is 4.79 Å². The van der Waals surface area contributed by atoms with Crippen molar-refractivity contribution >= 4 is 27.5 Å². The fraction of sp³-hybridized carbons (Fsp3) is 0.556. The number of aromatic nitrogens is 2. The third kappa shape index (κ3) is 3.77. The Morgan fingerprint density at radius 1 is 1.22 bits per heavy atom. The number of rotatable bonds is 7. The van der Waals surface area contributed by atoms with Crippen molar-refractivity contribution in [3.8, 4) is 0 Å². The number of amides is 1. The van der Waals surface area contributed by atoms with Gasteiger partial charge in [-0.15, -0.1) is 0 Å². The molecule has 2 aromatic heterocycles. The number of aryl methyl sites for hydroxylation is 2. The van der Waals surface area contributed by atoms with Crippen LogP contribution in [-0.2, 0) is 6.42 Å². The van der Waals surface area contributed by atoms with Gasteiger partial charge in [-0.1, -0.05) is 27.2 Å². The van der Waals surface area contributed by atoms with Crippen molar-refractivity contribution in [3.63, 3.8) is 0 Å². The summed E-state index contributed by atoms with van der Waals surface area (Å²) in [7, 11) is 0. The van der Waals surface area contributed by atoms with Gasteiger partial charge in [-0.05, 0) is 53.7 Å². The van der Waals surface area contributed by atoms with Gasteiger partial charge in [0.2, 0.25) is 0 Å². The van der Waals surface area contributed by atoms with Crippen LogP contribution in [0.5, 0.6) is 0 Å². The van der Waals surface area contributed by atoms with Crippen LogP contribution >= 0.6 is 15.9 Å². The molecule has 126 valence electrons. The maximum atomic E-state index is 13.2. The summed E-state index contributed by atoms with van der Waals surface area (Å²) in [6.07, 6.45) is 5.74. The molecule has 5 heteroatoms. The molecule has 0 aromatic carbocycles. The minimum Gasteiger partial charge on any atom is -0.337 e. The number of imidazole rings is 1. The van der Waals surface area contributed by atoms with Crippen LogP contribution in [0.2, 0.25) is 0 Å². The largest absolute Gasteiger partial charge is 0.337 e. The summed E-state index contributed by atoms with van der Waals surface area (Å²) in [5.74, 6) is 0.0992. The zero-order valence-corrected chi connectivity index (χ0v) is 16.1. The molecule has 2 heterocycles. The average Bonchev–Trinajstić information content (AvgIpc) is 2.85. The van der Waals surface area contributed by atoms with E-state index in [2.05, 4.69) is 36.7 Å². The van der Waals surface area contributed by atoms with Gasteiger partial charge in [0.05, 0.1) is 10.2 Å². The molecule has 0 aliphatic carbocycles. The summed E-state index contributed by atoms with van der Waals surface area (Å²) in [5, 5.41) is 0. The number of carbonyl (C=O) groups excluding carboxylic acids is 1. The number of hydrogen-bond acceptors (Lipinski definition) is 2. The fourth-order valence-corrected chi connectivity index (χ4v) is 3.56. The number of pyridine rings is 1. The van der Waals surface area contributed by atoms with E-state index in [1.165, 1.54) is 0 Å². The van der Waals surface area contributed by atoms with Gasteiger partial charge in [-0.25, -0.2) is 4.98 Å². The van der Waals surface area contributed by atoms with Crippen molar-refractivity contribution < 1.29 is 4.79 Å². The normalized spacial score (nSPS) is 11.2. The number of halogens is 1. The van der Waals surface area contributed by atoms with E-state index in [1.807, 2.05) is 28.5 Å². The Labute approximate surface area is 147 Å². The molecular formula is C18H26BrN3O. The lowest BCUT2D eigenvalue weighted by Crippen LogP contribution is -2.34. The highest BCUT2D eigenvalue weighted by atomic mass is 79.9. The lowest BCUT2D eigenvalue weighted by atomic mass is 10.2. The quantitative estimate of drug-likeness (QED) is 0.703. The third-order valence-electron chi connectivity index (χ3n) is 3.85. The first kappa shape index (κ1) is 18.0. The van der Waals surface area contributed by atoms with Gasteiger partial charge in [0, 0.05) is 19.3 Å². The Morgan fingerprint density at radius 3 is 2.43 bits per heavy atom. The number of hydrogen-bond donors (Lipinski definition) is 0. The van der Waals surface area contributed by atoms with E-state index < -0.39 is 0 Å². The second-order valence-corrected chi connectivity index (χ2v) is 6.86. The molecule has 0 spiro atoms. The molecular weight excluding hydrogens is 354 g/mol. The highest BCUT2D eigenvalue weighted by Gasteiger charge is 2.24. The van der Waals surface area contributed by atoms with Crippen LogP contribution in [-0.4, -0.2) is 33.3 Å². The monoisotopic (exact) mass is 379 g/mol. The summed E-state index contributed by atoms with van der Waals surface area (Å²) in [5.41, 5.74) is 3.57. The van der Waals surface area contributed by atoms with Gasteiger partial charge >= 0.3 is 0 Å². The minimum absolute atomic E-state index is 0.0992. The van der Waals surface area contributed by atoms with Gasteiger partial charge in [0.25, 0.3) is 5.91 Å².